The van der Waals surface area contributed by atoms with E-state index in [2.05, 4.69) is 46.3 Å². The van der Waals surface area contributed by atoms with Gasteiger partial charge in [-0.2, -0.15) is 0 Å². The van der Waals surface area contributed by atoms with Gasteiger partial charge in [-0.15, -0.1) is 11.8 Å². The summed E-state index contributed by atoms with van der Waals surface area (Å²) in [6.07, 6.45) is 11.6. The first-order valence-corrected chi connectivity index (χ1v) is 21.3. The predicted octanol–water partition coefficient (Wildman–Crippen LogP) is 4.95. The van der Waals surface area contributed by atoms with E-state index in [-0.39, 0.29) is 48.8 Å². The summed E-state index contributed by atoms with van der Waals surface area (Å²) in [5.41, 5.74) is 0.542. The monoisotopic (exact) mass is 854 g/mol. The second kappa shape index (κ2) is 22.6. The van der Waals surface area contributed by atoms with E-state index in [1.807, 2.05) is 0 Å². The van der Waals surface area contributed by atoms with Gasteiger partial charge in [0, 0.05) is 30.5 Å². The Labute approximate surface area is 353 Å². The van der Waals surface area contributed by atoms with Crippen LogP contribution in [0, 0.1) is 5.92 Å². The Kier molecular flexibility index (Phi) is 17.3. The van der Waals surface area contributed by atoms with Gasteiger partial charge in [-0.05, 0) is 62.2 Å². The van der Waals surface area contributed by atoms with Crippen molar-refractivity contribution in [3.8, 4) is 17.2 Å². The lowest BCUT2D eigenvalue weighted by Crippen LogP contribution is -2.44. The lowest BCUT2D eigenvalue weighted by molar-refractivity contribution is -0.139. The van der Waals surface area contributed by atoms with Gasteiger partial charge in [0.25, 0.3) is 11.8 Å². The quantitative estimate of drug-likeness (QED) is 0.0834. The lowest BCUT2D eigenvalue weighted by Gasteiger charge is -2.30. The molecule has 0 radical (unpaired) electrons. The van der Waals surface area contributed by atoms with E-state index in [1.54, 1.807) is 48.4 Å². The smallest absolute Gasteiger partial charge is 0.253 e. The van der Waals surface area contributed by atoms with Gasteiger partial charge < -0.3 is 38.7 Å². The molecule has 4 amide bonds. The first-order valence-electron chi connectivity index (χ1n) is 19.5. The summed E-state index contributed by atoms with van der Waals surface area (Å²) in [6, 6.07) is 3.42. The Morgan fingerprint density at radius 1 is 0.983 bits per heavy atom. The molecule has 18 heteroatoms. The zero-order valence-corrected chi connectivity index (χ0v) is 35.9. The SMILES string of the molecule is COc1cc(C=CC(=O)N2CCC=CC2=O)cc(OC)c1OCCOCCOCCNC(=O)CN1CCC(C(=O)Nc2ncc(SCc3ncc(C(C)(C)C)o3)s2)CC1. The maximum Gasteiger partial charge on any atom is 0.253 e. The van der Waals surface area contributed by atoms with E-state index in [4.69, 9.17) is 28.1 Å². The van der Waals surface area contributed by atoms with Gasteiger partial charge in [-0.3, -0.25) is 29.0 Å². The number of aromatic nitrogens is 2. The number of imide groups is 1. The van der Waals surface area contributed by atoms with Crippen LogP contribution in [0.15, 0.2) is 51.4 Å². The number of hydrogen-bond donors (Lipinski definition) is 2. The van der Waals surface area contributed by atoms with Crippen LogP contribution in [0.3, 0.4) is 0 Å². The Hall–Kier alpha value is -4.75. The van der Waals surface area contributed by atoms with Crippen molar-refractivity contribution in [2.75, 3.05) is 85.3 Å². The molecular weight excluding hydrogens is 801 g/mol. The molecule has 59 heavy (non-hydrogen) atoms. The Bertz CT molecular complexity index is 1910. The molecule has 1 fully saturated rings. The highest BCUT2D eigenvalue weighted by atomic mass is 32.2. The molecule has 0 aliphatic carbocycles. The number of carbonyl (C=O) groups excluding carboxylic acids is 4. The molecule has 1 aromatic carbocycles. The molecule has 3 aromatic rings. The van der Waals surface area contributed by atoms with Crippen molar-refractivity contribution < 1.29 is 47.3 Å². The van der Waals surface area contributed by atoms with E-state index in [1.165, 1.54) is 42.6 Å². The van der Waals surface area contributed by atoms with Crippen LogP contribution >= 0.6 is 23.1 Å². The number of carbonyl (C=O) groups is 4. The molecular formula is C41H54N6O10S2. The predicted molar refractivity (Wildman–Crippen MR) is 224 cm³/mol. The minimum absolute atomic E-state index is 0.0471. The zero-order valence-electron chi connectivity index (χ0n) is 34.3. The number of ether oxygens (including phenoxy) is 5. The maximum absolute atomic E-state index is 12.9. The largest absolute Gasteiger partial charge is 0.493 e. The fourth-order valence-corrected chi connectivity index (χ4v) is 7.78. The molecule has 0 atom stereocenters. The summed E-state index contributed by atoms with van der Waals surface area (Å²) in [4.78, 5) is 61.9. The number of nitrogens with zero attached hydrogens (tertiary/aromatic N) is 4. The van der Waals surface area contributed by atoms with Gasteiger partial charge in [0.15, 0.2) is 16.6 Å². The Morgan fingerprint density at radius 3 is 2.37 bits per heavy atom. The molecule has 0 bridgehead atoms. The Morgan fingerprint density at radius 2 is 1.69 bits per heavy atom. The number of hydrogen-bond acceptors (Lipinski definition) is 15. The third-order valence-corrected chi connectivity index (χ3v) is 11.4. The minimum atomic E-state index is -0.399. The van der Waals surface area contributed by atoms with Crippen molar-refractivity contribution in [2.24, 2.45) is 5.92 Å². The van der Waals surface area contributed by atoms with Crippen LogP contribution in [0.25, 0.3) is 6.08 Å². The summed E-state index contributed by atoms with van der Waals surface area (Å²) in [6.45, 7) is 10.1. The highest BCUT2D eigenvalue weighted by molar-refractivity contribution is 8.00. The summed E-state index contributed by atoms with van der Waals surface area (Å²) in [5, 5.41) is 6.41. The second-order valence-corrected chi connectivity index (χ2v) is 17.0. The molecule has 5 rings (SSSR count). The summed E-state index contributed by atoms with van der Waals surface area (Å²) in [7, 11) is 3.01. The fourth-order valence-electron chi connectivity index (χ4n) is 6.05. The molecule has 2 aromatic heterocycles. The molecule has 2 aliphatic heterocycles. The summed E-state index contributed by atoms with van der Waals surface area (Å²) >= 11 is 3.00. The number of methoxy groups -OCH3 is 2. The van der Waals surface area contributed by atoms with Gasteiger partial charge in [-0.1, -0.05) is 38.2 Å². The Balaban J connectivity index is 0.890. The average molecular weight is 855 g/mol. The number of anilines is 1. The van der Waals surface area contributed by atoms with E-state index >= 15 is 0 Å². The zero-order chi connectivity index (χ0) is 42.2. The molecule has 0 saturated carbocycles. The molecule has 0 spiro atoms. The van der Waals surface area contributed by atoms with Crippen LogP contribution in [0.4, 0.5) is 5.13 Å². The number of amides is 4. The fraction of sp³-hybridized carbons (Fsp3) is 0.512. The van der Waals surface area contributed by atoms with Gasteiger partial charge in [0.1, 0.15) is 12.4 Å². The van der Waals surface area contributed by atoms with Crippen LogP contribution in [0.5, 0.6) is 17.2 Å². The van der Waals surface area contributed by atoms with Crippen molar-refractivity contribution in [3.05, 3.63) is 60.0 Å². The third-order valence-electron chi connectivity index (χ3n) is 9.30. The minimum Gasteiger partial charge on any atom is -0.493 e. The highest BCUT2D eigenvalue weighted by Crippen LogP contribution is 2.39. The van der Waals surface area contributed by atoms with Crippen LogP contribution in [0.2, 0.25) is 0 Å². The maximum atomic E-state index is 12.9. The topological polar surface area (TPSA) is 184 Å². The highest BCUT2D eigenvalue weighted by Gasteiger charge is 2.27. The van der Waals surface area contributed by atoms with Crippen molar-refractivity contribution in [3.63, 3.8) is 0 Å². The van der Waals surface area contributed by atoms with Crippen LogP contribution in [0.1, 0.15) is 57.2 Å². The van der Waals surface area contributed by atoms with Gasteiger partial charge >= 0.3 is 0 Å². The number of nitrogens with one attached hydrogen (secondary N) is 2. The number of benzene rings is 1. The van der Waals surface area contributed by atoms with Crippen LogP contribution < -0.4 is 24.8 Å². The lowest BCUT2D eigenvalue weighted by atomic mass is 9.94. The number of thioether (sulfide) groups is 1. The van der Waals surface area contributed by atoms with E-state index in [0.717, 1.165) is 9.97 Å². The van der Waals surface area contributed by atoms with Crippen LogP contribution in [-0.4, -0.2) is 123 Å². The molecule has 0 unspecified atom stereocenters. The number of oxazole rings is 1. The standard InChI is InChI=1S/C41H54N6O10S2/c1-41(2,3)32-24-43-34(57-32)27-58-37-25-44-40(59-37)45-39(51)29-11-15-46(16-12-29)26-33(48)42-13-17-54-18-19-55-20-21-56-38-30(52-4)22-28(23-31(38)53-5)9-10-36(50)47-14-7-6-8-35(47)49/h6,8-10,22-25,29H,7,11-21,26-27H2,1-5H3,(H,42,48)(H,44,45,51). The molecule has 2 N–H and O–H groups in total. The number of rotatable bonds is 21. The molecule has 4 heterocycles. The van der Waals surface area contributed by atoms with Gasteiger partial charge in [-0.25, -0.2) is 9.97 Å². The number of likely N-dealkylation sites (tertiary alicyclic amines) is 1. The summed E-state index contributed by atoms with van der Waals surface area (Å²) < 4.78 is 35.0. The molecule has 16 nitrogen and oxygen atoms in total. The normalized spacial score (nSPS) is 15.1. The van der Waals surface area contributed by atoms with Crippen molar-refractivity contribution in [1.29, 1.82) is 0 Å². The van der Waals surface area contributed by atoms with Gasteiger partial charge in [0.05, 0.1) is 69.5 Å². The second-order valence-electron chi connectivity index (χ2n) is 14.7. The van der Waals surface area contributed by atoms with E-state index in [9.17, 15) is 19.2 Å². The van der Waals surface area contributed by atoms with Crippen molar-refractivity contribution in [2.45, 2.75) is 55.4 Å². The molecule has 320 valence electrons. The van der Waals surface area contributed by atoms with Crippen molar-refractivity contribution in [1.82, 2.24) is 25.1 Å². The molecule has 1 saturated heterocycles. The van der Waals surface area contributed by atoms with E-state index in [0.29, 0.717) is 105 Å². The van der Waals surface area contributed by atoms with Gasteiger partial charge in [0.2, 0.25) is 23.5 Å². The third kappa shape index (κ3) is 14.2. The van der Waals surface area contributed by atoms with E-state index < -0.39 is 5.91 Å². The first kappa shape index (κ1) is 45.3. The van der Waals surface area contributed by atoms with Crippen molar-refractivity contribution >= 4 is 57.9 Å². The summed E-state index contributed by atoms with van der Waals surface area (Å²) in [5.74, 6) is 2.31. The first-order chi connectivity index (χ1) is 28.4. The van der Waals surface area contributed by atoms with Crippen LogP contribution in [-0.2, 0) is 39.8 Å². The molecule has 2 aliphatic rings. The number of thiazole rings is 1. The average Bonchev–Trinajstić information content (AvgIpc) is 3.90. The number of piperidine rings is 1.